The number of ketones is 1. The number of aryl methyl sites for hydroxylation is 2. The van der Waals surface area contributed by atoms with Gasteiger partial charge in [-0.25, -0.2) is 0 Å². The lowest BCUT2D eigenvalue weighted by atomic mass is 9.97. The fourth-order valence-corrected chi connectivity index (χ4v) is 3.05. The highest BCUT2D eigenvalue weighted by atomic mass is 31.1. The molecule has 0 aliphatic heterocycles. The highest BCUT2D eigenvalue weighted by Gasteiger charge is 2.18. The van der Waals surface area contributed by atoms with Crippen LogP contribution in [0.5, 0.6) is 0 Å². The average Bonchev–Trinajstić information content (AvgIpc) is 2.46. The maximum absolute atomic E-state index is 12.6. The summed E-state index contributed by atoms with van der Waals surface area (Å²) in [5, 5.41) is 0.477. The normalized spacial score (nSPS) is 12.2. The lowest BCUT2D eigenvalue weighted by molar-refractivity contribution is 0.103. The van der Waals surface area contributed by atoms with Crippen molar-refractivity contribution in [2.75, 3.05) is 7.11 Å². The van der Waals surface area contributed by atoms with Gasteiger partial charge >= 0.3 is 0 Å². The predicted molar refractivity (Wildman–Crippen MR) is 81.4 cm³/mol. The van der Waals surface area contributed by atoms with Gasteiger partial charge in [0.05, 0.1) is 0 Å². The fourth-order valence-electron chi connectivity index (χ4n) is 2.18. The topological polar surface area (TPSA) is 43.4 Å². The molecule has 4 heteroatoms. The van der Waals surface area contributed by atoms with Crippen LogP contribution in [0.15, 0.2) is 42.5 Å². The Labute approximate surface area is 119 Å². The van der Waals surface area contributed by atoms with Crippen LogP contribution in [0.2, 0.25) is 0 Å². The lowest BCUT2D eigenvalue weighted by Crippen LogP contribution is -2.14. The molecule has 0 amide bonds. The zero-order chi connectivity index (χ0) is 14.7. The summed E-state index contributed by atoms with van der Waals surface area (Å²) in [7, 11) is -0.991. The van der Waals surface area contributed by atoms with E-state index in [-0.39, 0.29) is 5.78 Å². The Balaban J connectivity index is 2.51. The molecule has 2 aromatic rings. The molecule has 1 unspecified atom stereocenters. The molecule has 0 aromatic heterocycles. The number of carbonyl (C=O) groups is 1. The minimum atomic E-state index is -2.38. The van der Waals surface area contributed by atoms with Gasteiger partial charge in [-0.3, -0.25) is 9.36 Å². The summed E-state index contributed by atoms with van der Waals surface area (Å²) in [6.45, 7) is 3.89. The van der Waals surface area contributed by atoms with E-state index in [4.69, 9.17) is 4.52 Å². The van der Waals surface area contributed by atoms with Gasteiger partial charge in [0.1, 0.15) is 0 Å². The maximum Gasteiger partial charge on any atom is 0.221 e. The number of hydrogen-bond donors (Lipinski definition) is 0. The van der Waals surface area contributed by atoms with Gasteiger partial charge in [0, 0.05) is 23.5 Å². The van der Waals surface area contributed by atoms with Gasteiger partial charge in [0.15, 0.2) is 5.78 Å². The third kappa shape index (κ3) is 2.90. The molecule has 0 aliphatic carbocycles. The van der Waals surface area contributed by atoms with E-state index in [1.54, 1.807) is 24.3 Å². The van der Waals surface area contributed by atoms with Crippen LogP contribution in [0.1, 0.15) is 27.0 Å². The second-order valence-electron chi connectivity index (χ2n) is 4.68. The van der Waals surface area contributed by atoms with Crippen molar-refractivity contribution in [2.24, 2.45) is 0 Å². The third-order valence-electron chi connectivity index (χ3n) is 3.20. The quantitative estimate of drug-likeness (QED) is 0.640. The maximum atomic E-state index is 12.6. The Morgan fingerprint density at radius 3 is 2.40 bits per heavy atom. The monoisotopic (exact) mass is 288 g/mol. The summed E-state index contributed by atoms with van der Waals surface area (Å²) >= 11 is 0. The van der Waals surface area contributed by atoms with E-state index < -0.39 is 8.03 Å². The van der Waals surface area contributed by atoms with E-state index in [1.807, 2.05) is 32.0 Å². The number of carbonyl (C=O) groups excluding carboxylic acids is 1. The van der Waals surface area contributed by atoms with Crippen molar-refractivity contribution in [2.45, 2.75) is 13.8 Å². The highest BCUT2D eigenvalue weighted by Crippen LogP contribution is 2.24. The summed E-state index contributed by atoms with van der Waals surface area (Å²) < 4.78 is 16.8. The van der Waals surface area contributed by atoms with Crippen LogP contribution >= 0.6 is 8.03 Å². The van der Waals surface area contributed by atoms with Crippen molar-refractivity contribution in [1.29, 1.82) is 0 Å². The minimum absolute atomic E-state index is 0.117. The minimum Gasteiger partial charge on any atom is -0.331 e. The van der Waals surface area contributed by atoms with Crippen LogP contribution in [0, 0.1) is 13.8 Å². The molecule has 2 rings (SSSR count). The van der Waals surface area contributed by atoms with E-state index in [1.165, 1.54) is 7.11 Å². The first-order chi connectivity index (χ1) is 9.54. The summed E-state index contributed by atoms with van der Waals surface area (Å²) in [5.41, 5.74) is 3.11. The molecule has 0 spiro atoms. The smallest absolute Gasteiger partial charge is 0.221 e. The van der Waals surface area contributed by atoms with E-state index in [0.29, 0.717) is 16.4 Å². The Hall–Kier alpha value is -1.70. The molecule has 104 valence electrons. The molecule has 2 aromatic carbocycles. The van der Waals surface area contributed by atoms with E-state index in [9.17, 15) is 9.36 Å². The Morgan fingerprint density at radius 1 is 1.05 bits per heavy atom. The van der Waals surface area contributed by atoms with Gasteiger partial charge < -0.3 is 4.52 Å². The Kier molecular flexibility index (Phi) is 4.53. The van der Waals surface area contributed by atoms with Crippen molar-refractivity contribution in [3.8, 4) is 0 Å². The number of benzene rings is 2. The van der Waals surface area contributed by atoms with Crippen molar-refractivity contribution >= 4 is 19.1 Å². The SMILES string of the molecule is CO[PH](=O)c1ccccc1C(=O)c1ccc(C)cc1C. The van der Waals surface area contributed by atoms with Crippen LogP contribution in [0.25, 0.3) is 0 Å². The van der Waals surface area contributed by atoms with Crippen LogP contribution in [-0.4, -0.2) is 12.9 Å². The lowest BCUT2D eigenvalue weighted by Gasteiger charge is -2.10. The van der Waals surface area contributed by atoms with E-state index >= 15 is 0 Å². The molecule has 0 saturated heterocycles. The zero-order valence-corrected chi connectivity index (χ0v) is 12.8. The van der Waals surface area contributed by atoms with Gasteiger partial charge in [0.25, 0.3) is 0 Å². The van der Waals surface area contributed by atoms with Crippen molar-refractivity contribution < 1.29 is 13.9 Å². The molecule has 0 saturated carbocycles. The van der Waals surface area contributed by atoms with Gasteiger partial charge in [-0.15, -0.1) is 0 Å². The molecule has 0 bridgehead atoms. The van der Waals surface area contributed by atoms with Crippen molar-refractivity contribution in [1.82, 2.24) is 0 Å². The standard InChI is InChI=1S/C16H17O3P/c1-11-8-9-13(12(2)10-11)16(17)14-6-4-5-7-15(14)20(18)19-3/h4-10,20H,1-3H3. The summed E-state index contributed by atoms with van der Waals surface area (Å²) in [4.78, 5) is 12.6. The molecule has 0 N–H and O–H groups in total. The van der Waals surface area contributed by atoms with Gasteiger partial charge in [-0.1, -0.05) is 42.0 Å². The van der Waals surface area contributed by atoms with Gasteiger partial charge in [-0.05, 0) is 25.5 Å². The first-order valence-electron chi connectivity index (χ1n) is 6.34. The second-order valence-corrected chi connectivity index (χ2v) is 6.21. The molecule has 0 heterocycles. The second kappa shape index (κ2) is 6.17. The fraction of sp³-hybridized carbons (Fsp3) is 0.188. The molecule has 20 heavy (non-hydrogen) atoms. The highest BCUT2D eigenvalue weighted by molar-refractivity contribution is 7.48. The molecule has 3 nitrogen and oxygen atoms in total. The van der Waals surface area contributed by atoms with Crippen molar-refractivity contribution in [3.63, 3.8) is 0 Å². The molecule has 0 aliphatic rings. The molecular weight excluding hydrogens is 271 g/mol. The first kappa shape index (κ1) is 14.7. The van der Waals surface area contributed by atoms with Gasteiger partial charge in [-0.2, -0.15) is 0 Å². The number of rotatable bonds is 4. The van der Waals surface area contributed by atoms with E-state index in [2.05, 4.69) is 0 Å². The zero-order valence-electron chi connectivity index (χ0n) is 11.8. The van der Waals surface area contributed by atoms with Crippen LogP contribution in [-0.2, 0) is 9.09 Å². The molecular formula is C16H17O3P. The summed E-state index contributed by atoms with van der Waals surface area (Å²) in [6.07, 6.45) is 0. The Bertz CT molecular complexity index is 677. The summed E-state index contributed by atoms with van der Waals surface area (Å²) in [5.74, 6) is -0.117. The van der Waals surface area contributed by atoms with Crippen molar-refractivity contribution in [3.05, 3.63) is 64.7 Å². The third-order valence-corrected chi connectivity index (χ3v) is 4.45. The van der Waals surface area contributed by atoms with Crippen LogP contribution in [0.3, 0.4) is 0 Å². The predicted octanol–water partition coefficient (Wildman–Crippen LogP) is 3.28. The molecule has 0 radical (unpaired) electrons. The van der Waals surface area contributed by atoms with Crippen LogP contribution < -0.4 is 5.30 Å². The Morgan fingerprint density at radius 2 is 1.75 bits per heavy atom. The molecule has 0 fully saturated rings. The molecule has 1 atom stereocenters. The van der Waals surface area contributed by atoms with E-state index in [0.717, 1.165) is 11.1 Å². The van der Waals surface area contributed by atoms with Crippen LogP contribution in [0.4, 0.5) is 0 Å². The summed E-state index contributed by atoms with van der Waals surface area (Å²) in [6, 6.07) is 12.6. The first-order valence-corrected chi connectivity index (χ1v) is 7.65. The number of hydrogen-bond acceptors (Lipinski definition) is 3. The largest absolute Gasteiger partial charge is 0.331 e. The van der Waals surface area contributed by atoms with Gasteiger partial charge in [0.2, 0.25) is 8.03 Å². The average molecular weight is 288 g/mol.